The Labute approximate surface area is 212 Å². The predicted molar refractivity (Wildman–Crippen MR) is 136 cm³/mol. The van der Waals surface area contributed by atoms with Gasteiger partial charge in [0.1, 0.15) is 17.7 Å². The van der Waals surface area contributed by atoms with E-state index < -0.39 is 0 Å². The number of aromatic amines is 1. The second kappa shape index (κ2) is 11.7. The standard InChI is InChI=1S/C24H28N6O5S/c1-31-21-13-19-20(27-16-28-24(19)33-18-12-17-4-5-25-23(17)26-15-18)14-22(21)32-11-3-6-29-7-9-30(10-8-29)34-35-36-2/h4-5,12-16H,3,6-11H2,1-2H3,(H,25,26). The Kier molecular flexibility index (Phi) is 7.98. The molecule has 5 rings (SSSR count). The van der Waals surface area contributed by atoms with Crippen LogP contribution in [0, 0.1) is 0 Å². The summed E-state index contributed by atoms with van der Waals surface area (Å²) >= 11 is 1.19. The maximum Gasteiger partial charge on any atom is 0.230 e. The van der Waals surface area contributed by atoms with E-state index in [2.05, 4.69) is 24.8 Å². The summed E-state index contributed by atoms with van der Waals surface area (Å²) in [7, 11) is 1.62. The summed E-state index contributed by atoms with van der Waals surface area (Å²) in [5.41, 5.74) is 1.51. The molecular weight excluding hydrogens is 484 g/mol. The molecule has 11 nitrogen and oxygen atoms in total. The van der Waals surface area contributed by atoms with Gasteiger partial charge in [0.25, 0.3) is 0 Å². The third kappa shape index (κ3) is 5.79. The zero-order valence-electron chi connectivity index (χ0n) is 20.2. The van der Waals surface area contributed by atoms with Crippen molar-refractivity contribution >= 4 is 34.0 Å². The summed E-state index contributed by atoms with van der Waals surface area (Å²) in [6.45, 7) is 4.95. The van der Waals surface area contributed by atoms with Crippen LogP contribution in [-0.4, -0.2) is 82.6 Å². The fourth-order valence-electron chi connectivity index (χ4n) is 4.05. The van der Waals surface area contributed by atoms with Gasteiger partial charge in [-0.25, -0.2) is 15.0 Å². The molecule has 0 bridgehead atoms. The number of nitrogens with zero attached hydrogens (tertiary/aromatic N) is 5. The fourth-order valence-corrected chi connectivity index (χ4v) is 4.20. The van der Waals surface area contributed by atoms with E-state index in [1.165, 1.54) is 18.4 Å². The first-order chi connectivity index (χ1) is 17.7. The fraction of sp³-hybridized carbons (Fsp3) is 0.375. The van der Waals surface area contributed by atoms with E-state index in [0.29, 0.717) is 35.3 Å². The van der Waals surface area contributed by atoms with Crippen LogP contribution in [0.3, 0.4) is 0 Å². The molecule has 190 valence electrons. The Morgan fingerprint density at radius 3 is 2.78 bits per heavy atom. The van der Waals surface area contributed by atoms with Crippen LogP contribution in [0.2, 0.25) is 0 Å². The van der Waals surface area contributed by atoms with Gasteiger partial charge in [0.05, 0.1) is 30.8 Å². The van der Waals surface area contributed by atoms with Gasteiger partial charge in [0.2, 0.25) is 5.88 Å². The summed E-state index contributed by atoms with van der Waals surface area (Å²) in [4.78, 5) is 23.8. The number of piperazine rings is 1. The van der Waals surface area contributed by atoms with Gasteiger partial charge in [0, 0.05) is 68.7 Å². The van der Waals surface area contributed by atoms with Crippen LogP contribution in [0.15, 0.2) is 43.0 Å². The molecule has 1 saturated heterocycles. The van der Waals surface area contributed by atoms with Crippen molar-refractivity contribution in [1.29, 1.82) is 0 Å². The van der Waals surface area contributed by atoms with Crippen LogP contribution >= 0.6 is 12.0 Å². The zero-order chi connectivity index (χ0) is 24.7. The van der Waals surface area contributed by atoms with E-state index in [4.69, 9.17) is 23.5 Å². The number of methoxy groups -OCH3 is 1. The third-order valence-electron chi connectivity index (χ3n) is 5.89. The molecule has 0 spiro atoms. The van der Waals surface area contributed by atoms with Gasteiger partial charge < -0.3 is 24.1 Å². The number of hydrogen-bond acceptors (Lipinski definition) is 11. The number of hydroxylamine groups is 2. The average Bonchev–Trinajstić information content (AvgIpc) is 3.38. The molecule has 1 N–H and O–H groups in total. The zero-order valence-corrected chi connectivity index (χ0v) is 21.0. The number of benzene rings is 1. The van der Waals surface area contributed by atoms with E-state index in [9.17, 15) is 0 Å². The van der Waals surface area contributed by atoms with E-state index in [1.54, 1.807) is 13.3 Å². The van der Waals surface area contributed by atoms with E-state index in [0.717, 1.165) is 55.6 Å². The quantitative estimate of drug-likeness (QED) is 0.137. The maximum atomic E-state index is 6.07. The van der Waals surface area contributed by atoms with Crippen molar-refractivity contribution in [3.05, 3.63) is 43.0 Å². The van der Waals surface area contributed by atoms with E-state index in [-0.39, 0.29) is 0 Å². The second-order valence-electron chi connectivity index (χ2n) is 8.17. The lowest BCUT2D eigenvalue weighted by molar-refractivity contribution is -0.365. The summed E-state index contributed by atoms with van der Waals surface area (Å²) in [5, 5.41) is 3.51. The smallest absolute Gasteiger partial charge is 0.230 e. The first-order valence-electron chi connectivity index (χ1n) is 11.6. The highest BCUT2D eigenvalue weighted by Crippen LogP contribution is 2.36. The van der Waals surface area contributed by atoms with Crippen LogP contribution in [-0.2, 0) is 9.32 Å². The van der Waals surface area contributed by atoms with Crippen LogP contribution in [0.25, 0.3) is 21.9 Å². The summed E-state index contributed by atoms with van der Waals surface area (Å²) in [6.07, 6.45) is 7.68. The van der Waals surface area contributed by atoms with Crippen LogP contribution in [0.4, 0.5) is 0 Å². The van der Waals surface area contributed by atoms with Gasteiger partial charge in [-0.2, -0.15) is 5.06 Å². The number of hydrogen-bond donors (Lipinski definition) is 1. The molecule has 0 radical (unpaired) electrons. The minimum absolute atomic E-state index is 0.424. The van der Waals surface area contributed by atoms with Gasteiger partial charge in [-0.05, 0) is 24.6 Å². The van der Waals surface area contributed by atoms with Crippen molar-refractivity contribution in [3.63, 3.8) is 0 Å². The topological polar surface area (TPSA) is 107 Å². The van der Waals surface area contributed by atoms with Crippen LogP contribution in [0.5, 0.6) is 23.1 Å². The third-order valence-corrected chi connectivity index (χ3v) is 6.08. The predicted octanol–water partition coefficient (Wildman–Crippen LogP) is 3.83. The number of pyridine rings is 1. The van der Waals surface area contributed by atoms with Crippen LogP contribution in [0.1, 0.15) is 6.42 Å². The molecule has 0 amide bonds. The molecule has 4 aromatic rings. The highest BCUT2D eigenvalue weighted by atomic mass is 32.2. The van der Waals surface area contributed by atoms with Crippen molar-refractivity contribution < 1.29 is 23.5 Å². The molecule has 12 heteroatoms. The normalized spacial score (nSPS) is 14.9. The maximum absolute atomic E-state index is 6.07. The largest absolute Gasteiger partial charge is 0.493 e. The lowest BCUT2D eigenvalue weighted by Crippen LogP contribution is -2.46. The van der Waals surface area contributed by atoms with Crippen molar-refractivity contribution in [2.75, 3.05) is 52.7 Å². The lowest BCUT2D eigenvalue weighted by atomic mass is 10.2. The summed E-state index contributed by atoms with van der Waals surface area (Å²) < 4.78 is 22.7. The minimum Gasteiger partial charge on any atom is -0.493 e. The molecule has 0 saturated carbocycles. The number of rotatable bonds is 11. The van der Waals surface area contributed by atoms with Gasteiger partial charge in [0.15, 0.2) is 11.5 Å². The van der Waals surface area contributed by atoms with E-state index in [1.807, 2.05) is 41.8 Å². The van der Waals surface area contributed by atoms with Gasteiger partial charge >= 0.3 is 0 Å². The Bertz CT molecular complexity index is 1300. The summed E-state index contributed by atoms with van der Waals surface area (Å²) in [5.74, 6) is 2.25. The molecule has 36 heavy (non-hydrogen) atoms. The Hall–Kier alpha value is -3.16. The number of aromatic nitrogens is 4. The van der Waals surface area contributed by atoms with Crippen molar-refractivity contribution in [1.82, 2.24) is 29.9 Å². The Morgan fingerprint density at radius 2 is 1.94 bits per heavy atom. The molecule has 1 fully saturated rings. The monoisotopic (exact) mass is 512 g/mol. The second-order valence-corrected chi connectivity index (χ2v) is 8.64. The molecule has 1 aliphatic heterocycles. The highest BCUT2D eigenvalue weighted by Gasteiger charge is 2.18. The Morgan fingerprint density at radius 1 is 1.06 bits per heavy atom. The number of ether oxygens (including phenoxy) is 3. The molecular formula is C24H28N6O5S. The van der Waals surface area contributed by atoms with Crippen molar-refractivity contribution in [2.45, 2.75) is 6.42 Å². The van der Waals surface area contributed by atoms with Crippen LogP contribution < -0.4 is 14.2 Å². The highest BCUT2D eigenvalue weighted by molar-refractivity contribution is 7.93. The van der Waals surface area contributed by atoms with Crippen molar-refractivity contribution in [3.8, 4) is 23.1 Å². The molecule has 0 unspecified atom stereocenters. The molecule has 0 aliphatic carbocycles. The van der Waals surface area contributed by atoms with Crippen molar-refractivity contribution in [2.24, 2.45) is 0 Å². The van der Waals surface area contributed by atoms with Gasteiger partial charge in [-0.1, -0.05) is 0 Å². The van der Waals surface area contributed by atoms with Gasteiger partial charge in [-0.3, -0.25) is 0 Å². The van der Waals surface area contributed by atoms with E-state index >= 15 is 0 Å². The van der Waals surface area contributed by atoms with Gasteiger partial charge in [-0.15, -0.1) is 9.32 Å². The molecule has 0 atom stereocenters. The SMILES string of the molecule is COc1cc2c(Oc3cnc4[nH]ccc4c3)ncnc2cc1OCCCN1CCN(OOSC)CC1. The number of nitrogens with one attached hydrogen (secondary N) is 1. The number of H-pyrrole nitrogens is 1. The molecule has 4 heterocycles. The molecule has 1 aromatic carbocycles. The Balaban J connectivity index is 1.20. The first-order valence-corrected chi connectivity index (χ1v) is 12.8. The molecule has 3 aromatic heterocycles. The molecule has 1 aliphatic rings. The first kappa shape index (κ1) is 24.5. The number of fused-ring (bicyclic) bond motifs is 2. The minimum atomic E-state index is 0.424. The summed E-state index contributed by atoms with van der Waals surface area (Å²) in [6, 6.07) is 7.55. The lowest BCUT2D eigenvalue weighted by Gasteiger charge is -2.32. The average molecular weight is 513 g/mol.